The van der Waals surface area contributed by atoms with Gasteiger partial charge in [-0.05, 0) is 31.0 Å². The highest BCUT2D eigenvalue weighted by Gasteiger charge is 2.13. The molecule has 0 amide bonds. The van der Waals surface area contributed by atoms with E-state index in [1.165, 1.54) is 11.3 Å². The number of aryl methyl sites for hydroxylation is 1. The Balaban J connectivity index is 2.21. The van der Waals surface area contributed by atoms with E-state index < -0.39 is 0 Å². The van der Waals surface area contributed by atoms with Crippen molar-refractivity contribution in [3.63, 3.8) is 0 Å². The van der Waals surface area contributed by atoms with Crippen LogP contribution in [-0.2, 0) is 6.42 Å². The highest BCUT2D eigenvalue weighted by molar-refractivity contribution is 5.97. The Morgan fingerprint density at radius 2 is 2.00 bits per heavy atom. The zero-order chi connectivity index (χ0) is 9.97. The third kappa shape index (κ3) is 1.65. The molecule has 1 heterocycles. The Bertz CT molecular complexity index is 338. The van der Waals surface area contributed by atoms with Crippen molar-refractivity contribution in [1.82, 2.24) is 0 Å². The Labute approximate surface area is 85.3 Å². The highest BCUT2D eigenvalue weighted by atomic mass is 15.2. The van der Waals surface area contributed by atoms with Crippen LogP contribution in [-0.4, -0.2) is 18.9 Å². The van der Waals surface area contributed by atoms with Crippen molar-refractivity contribution in [3.05, 3.63) is 29.8 Å². The molecule has 1 aromatic carbocycles. The normalized spacial score (nSPS) is 15.9. The quantitative estimate of drug-likeness (QED) is 0.696. The minimum atomic E-state index is 0.932. The van der Waals surface area contributed by atoms with E-state index >= 15 is 0 Å². The first-order valence-corrected chi connectivity index (χ1v) is 5.19. The predicted molar refractivity (Wildman–Crippen MR) is 61.1 cm³/mol. The van der Waals surface area contributed by atoms with E-state index in [0.717, 1.165) is 25.3 Å². The fourth-order valence-electron chi connectivity index (χ4n) is 1.79. The van der Waals surface area contributed by atoms with Gasteiger partial charge in [0, 0.05) is 12.2 Å². The van der Waals surface area contributed by atoms with E-state index in [4.69, 9.17) is 0 Å². The molecule has 0 bridgehead atoms. The van der Waals surface area contributed by atoms with Crippen molar-refractivity contribution in [1.29, 1.82) is 0 Å². The number of hydrogen-bond donors (Lipinski definition) is 0. The summed E-state index contributed by atoms with van der Waals surface area (Å²) >= 11 is 0. The monoisotopic (exact) mass is 188 g/mol. The molecule has 0 spiro atoms. The molecule has 0 saturated carbocycles. The number of aliphatic imine (C=N–C) groups is 1. The summed E-state index contributed by atoms with van der Waals surface area (Å²) in [5.74, 6) is 1.13. The number of rotatable bonds is 2. The van der Waals surface area contributed by atoms with E-state index in [0.29, 0.717) is 0 Å². The van der Waals surface area contributed by atoms with Crippen LogP contribution in [0.15, 0.2) is 29.3 Å². The van der Waals surface area contributed by atoms with Gasteiger partial charge in [0.15, 0.2) is 0 Å². The predicted octanol–water partition coefficient (Wildman–Crippen LogP) is 2.49. The summed E-state index contributed by atoms with van der Waals surface area (Å²) in [5.41, 5.74) is 2.66. The SMILES string of the molecule is CCc1ccc(N2CCN=C2C)cc1. The van der Waals surface area contributed by atoms with Crippen LogP contribution in [0.2, 0.25) is 0 Å². The molecule has 2 heteroatoms. The van der Waals surface area contributed by atoms with Crippen LogP contribution in [0.3, 0.4) is 0 Å². The second-order valence-electron chi connectivity index (χ2n) is 3.60. The van der Waals surface area contributed by atoms with Crippen LogP contribution in [0.4, 0.5) is 5.69 Å². The molecule has 14 heavy (non-hydrogen) atoms. The Morgan fingerprint density at radius 1 is 1.29 bits per heavy atom. The minimum Gasteiger partial charge on any atom is -0.329 e. The third-order valence-corrected chi connectivity index (χ3v) is 2.71. The van der Waals surface area contributed by atoms with Gasteiger partial charge in [0.05, 0.1) is 6.54 Å². The molecule has 1 aliphatic heterocycles. The van der Waals surface area contributed by atoms with Gasteiger partial charge in [0.1, 0.15) is 5.84 Å². The summed E-state index contributed by atoms with van der Waals surface area (Å²) in [4.78, 5) is 6.64. The zero-order valence-corrected chi connectivity index (χ0v) is 8.83. The largest absolute Gasteiger partial charge is 0.329 e. The number of nitrogens with zero attached hydrogens (tertiary/aromatic N) is 2. The van der Waals surface area contributed by atoms with Gasteiger partial charge < -0.3 is 4.90 Å². The molecule has 0 radical (unpaired) electrons. The molecule has 1 aromatic rings. The molecule has 0 aromatic heterocycles. The number of benzene rings is 1. The molecular formula is C12H16N2. The highest BCUT2D eigenvalue weighted by Crippen LogP contribution is 2.18. The number of amidine groups is 1. The molecule has 0 saturated heterocycles. The average molecular weight is 188 g/mol. The summed E-state index contributed by atoms with van der Waals surface area (Å²) in [6.45, 7) is 6.21. The third-order valence-electron chi connectivity index (χ3n) is 2.71. The molecule has 2 rings (SSSR count). The maximum absolute atomic E-state index is 4.38. The van der Waals surface area contributed by atoms with Gasteiger partial charge in [-0.15, -0.1) is 0 Å². The van der Waals surface area contributed by atoms with Gasteiger partial charge in [-0.2, -0.15) is 0 Å². The van der Waals surface area contributed by atoms with Crippen LogP contribution < -0.4 is 4.90 Å². The van der Waals surface area contributed by atoms with Crippen LogP contribution in [0.1, 0.15) is 19.4 Å². The van der Waals surface area contributed by atoms with Crippen LogP contribution >= 0.6 is 0 Å². The molecule has 1 aliphatic rings. The number of anilines is 1. The van der Waals surface area contributed by atoms with E-state index in [9.17, 15) is 0 Å². The summed E-state index contributed by atoms with van der Waals surface area (Å²) < 4.78 is 0. The summed E-state index contributed by atoms with van der Waals surface area (Å²) in [6, 6.07) is 8.76. The van der Waals surface area contributed by atoms with E-state index in [-0.39, 0.29) is 0 Å². The summed E-state index contributed by atoms with van der Waals surface area (Å²) in [6.07, 6.45) is 1.10. The van der Waals surface area contributed by atoms with Gasteiger partial charge >= 0.3 is 0 Å². The van der Waals surface area contributed by atoms with E-state index in [2.05, 4.69) is 48.0 Å². The summed E-state index contributed by atoms with van der Waals surface area (Å²) in [5, 5.41) is 0. The molecule has 0 aliphatic carbocycles. The lowest BCUT2D eigenvalue weighted by molar-refractivity contribution is 1.02. The second-order valence-corrected chi connectivity index (χ2v) is 3.60. The van der Waals surface area contributed by atoms with Crippen molar-refractivity contribution in [2.24, 2.45) is 4.99 Å². The van der Waals surface area contributed by atoms with Gasteiger partial charge in [0.2, 0.25) is 0 Å². The van der Waals surface area contributed by atoms with Crippen LogP contribution in [0.5, 0.6) is 0 Å². The van der Waals surface area contributed by atoms with Gasteiger partial charge in [-0.25, -0.2) is 0 Å². The zero-order valence-electron chi connectivity index (χ0n) is 8.83. The topological polar surface area (TPSA) is 15.6 Å². The fraction of sp³-hybridized carbons (Fsp3) is 0.417. The molecule has 74 valence electrons. The molecule has 2 nitrogen and oxygen atoms in total. The molecule has 0 unspecified atom stereocenters. The van der Waals surface area contributed by atoms with Crippen molar-refractivity contribution in [2.45, 2.75) is 20.3 Å². The first-order chi connectivity index (χ1) is 6.81. The first-order valence-electron chi connectivity index (χ1n) is 5.19. The standard InChI is InChI=1S/C12H16N2/c1-3-11-4-6-12(7-5-11)14-9-8-13-10(14)2/h4-7H,3,8-9H2,1-2H3. The maximum atomic E-state index is 4.38. The molecule has 0 atom stereocenters. The summed E-state index contributed by atoms with van der Waals surface area (Å²) in [7, 11) is 0. The van der Waals surface area contributed by atoms with E-state index in [1.54, 1.807) is 0 Å². The Hall–Kier alpha value is -1.31. The van der Waals surface area contributed by atoms with Gasteiger partial charge in [0.25, 0.3) is 0 Å². The number of hydrogen-bond acceptors (Lipinski definition) is 2. The van der Waals surface area contributed by atoms with Crippen LogP contribution in [0, 0.1) is 0 Å². The first kappa shape index (κ1) is 9.25. The van der Waals surface area contributed by atoms with Crippen molar-refractivity contribution < 1.29 is 0 Å². The van der Waals surface area contributed by atoms with Crippen molar-refractivity contribution in [3.8, 4) is 0 Å². The van der Waals surface area contributed by atoms with Crippen molar-refractivity contribution >= 4 is 11.5 Å². The second kappa shape index (κ2) is 3.82. The Kier molecular flexibility index (Phi) is 2.53. The minimum absolute atomic E-state index is 0.932. The lowest BCUT2D eigenvalue weighted by atomic mass is 10.1. The lowest BCUT2D eigenvalue weighted by Crippen LogP contribution is -2.24. The molecule has 0 fully saturated rings. The molecular weight excluding hydrogens is 172 g/mol. The van der Waals surface area contributed by atoms with Crippen molar-refractivity contribution in [2.75, 3.05) is 18.0 Å². The fourth-order valence-corrected chi connectivity index (χ4v) is 1.79. The van der Waals surface area contributed by atoms with Gasteiger partial charge in [-0.3, -0.25) is 4.99 Å². The average Bonchev–Trinajstić information content (AvgIpc) is 2.65. The van der Waals surface area contributed by atoms with E-state index in [1.807, 2.05) is 0 Å². The Morgan fingerprint density at radius 3 is 2.50 bits per heavy atom. The molecule has 0 N–H and O–H groups in total. The van der Waals surface area contributed by atoms with Crippen LogP contribution in [0.25, 0.3) is 0 Å². The van der Waals surface area contributed by atoms with Gasteiger partial charge in [-0.1, -0.05) is 19.1 Å². The maximum Gasteiger partial charge on any atom is 0.100 e. The smallest absolute Gasteiger partial charge is 0.100 e. The lowest BCUT2D eigenvalue weighted by Gasteiger charge is -2.18.